The first kappa shape index (κ1) is 14.4. The van der Waals surface area contributed by atoms with Crippen LogP contribution >= 0.6 is 27.7 Å². The number of furan rings is 1. The summed E-state index contributed by atoms with van der Waals surface area (Å²) in [5.74, 6) is 2.36. The van der Waals surface area contributed by atoms with Crippen LogP contribution in [0.5, 0.6) is 0 Å². The molecule has 2 rings (SSSR count). The molecule has 1 saturated heterocycles. The summed E-state index contributed by atoms with van der Waals surface area (Å²) in [5.41, 5.74) is 5.43. The highest BCUT2D eigenvalue weighted by atomic mass is 79.9. The van der Waals surface area contributed by atoms with Gasteiger partial charge in [0.2, 0.25) is 10.0 Å². The Morgan fingerprint density at radius 3 is 2.94 bits per heavy atom. The van der Waals surface area contributed by atoms with Crippen LogP contribution in [0, 0.1) is 0 Å². The molecule has 3 N–H and O–H groups in total. The number of thioether (sulfide) groups is 1. The smallest absolute Gasteiger partial charge is 0.245 e. The Labute approximate surface area is 119 Å². The fourth-order valence-corrected chi connectivity index (χ4v) is 5.24. The van der Waals surface area contributed by atoms with Gasteiger partial charge in [-0.25, -0.2) is 13.1 Å². The highest BCUT2D eigenvalue weighted by Crippen LogP contribution is 2.27. The molecular weight excluding hydrogens is 340 g/mol. The van der Waals surface area contributed by atoms with E-state index in [2.05, 4.69) is 20.7 Å². The number of nitrogens with one attached hydrogen (secondary N) is 1. The van der Waals surface area contributed by atoms with Gasteiger partial charge in [0, 0.05) is 17.9 Å². The lowest BCUT2D eigenvalue weighted by atomic mass is 10.2. The Hall–Kier alpha value is -0.0200. The monoisotopic (exact) mass is 354 g/mol. The van der Waals surface area contributed by atoms with E-state index < -0.39 is 10.0 Å². The zero-order valence-electron chi connectivity index (χ0n) is 9.69. The molecule has 0 spiro atoms. The molecule has 1 fully saturated rings. The second-order valence-electron chi connectivity index (χ2n) is 4.09. The minimum atomic E-state index is -3.54. The lowest BCUT2D eigenvalue weighted by Gasteiger charge is -2.21. The van der Waals surface area contributed by atoms with E-state index in [9.17, 15) is 8.42 Å². The molecule has 0 amide bonds. The molecule has 102 valence electrons. The first-order valence-electron chi connectivity index (χ1n) is 5.61. The fraction of sp³-hybridized carbons (Fsp3) is 0.600. The van der Waals surface area contributed by atoms with Gasteiger partial charge in [0.25, 0.3) is 0 Å². The Balaban J connectivity index is 2.16. The van der Waals surface area contributed by atoms with Crippen LogP contribution in [0.25, 0.3) is 0 Å². The molecule has 2 heterocycles. The van der Waals surface area contributed by atoms with E-state index >= 15 is 0 Å². The van der Waals surface area contributed by atoms with Gasteiger partial charge in [-0.2, -0.15) is 11.8 Å². The molecule has 0 saturated carbocycles. The molecule has 0 aromatic carbocycles. The van der Waals surface area contributed by atoms with Crippen molar-refractivity contribution in [3.8, 4) is 0 Å². The summed E-state index contributed by atoms with van der Waals surface area (Å²) in [4.78, 5) is 0.124. The van der Waals surface area contributed by atoms with Gasteiger partial charge in [0.15, 0.2) is 4.67 Å². The van der Waals surface area contributed by atoms with Crippen molar-refractivity contribution in [3.05, 3.63) is 16.5 Å². The molecule has 18 heavy (non-hydrogen) atoms. The molecule has 1 aromatic rings. The second-order valence-corrected chi connectivity index (χ2v) is 7.64. The van der Waals surface area contributed by atoms with Crippen molar-refractivity contribution in [2.24, 2.45) is 5.73 Å². The molecule has 1 aromatic heterocycles. The minimum absolute atomic E-state index is 0.00289. The quantitative estimate of drug-likeness (QED) is 0.858. The molecule has 5 nitrogen and oxygen atoms in total. The van der Waals surface area contributed by atoms with Crippen molar-refractivity contribution in [1.82, 2.24) is 4.72 Å². The van der Waals surface area contributed by atoms with E-state index in [1.54, 1.807) is 11.8 Å². The number of hydrogen-bond donors (Lipinski definition) is 2. The third-order valence-corrected chi connectivity index (χ3v) is 6.27. The average Bonchev–Trinajstić information content (AvgIpc) is 2.72. The number of nitrogens with two attached hydrogens (primary N) is 1. The van der Waals surface area contributed by atoms with E-state index in [4.69, 9.17) is 10.2 Å². The number of sulfonamides is 1. The van der Waals surface area contributed by atoms with Gasteiger partial charge < -0.3 is 10.2 Å². The van der Waals surface area contributed by atoms with Gasteiger partial charge in [-0.1, -0.05) is 0 Å². The van der Waals surface area contributed by atoms with Crippen LogP contribution in [-0.2, 0) is 16.6 Å². The lowest BCUT2D eigenvalue weighted by Crippen LogP contribution is -2.38. The SMILES string of the molecule is NCc1cc(S(=O)(=O)NC2CCCSC2)c(Br)o1. The van der Waals surface area contributed by atoms with Crippen LogP contribution in [0.4, 0.5) is 0 Å². The third kappa shape index (κ3) is 3.30. The van der Waals surface area contributed by atoms with Crippen LogP contribution in [-0.4, -0.2) is 26.0 Å². The first-order valence-corrected chi connectivity index (χ1v) is 9.04. The Bertz CT molecular complexity index is 509. The van der Waals surface area contributed by atoms with Crippen molar-refractivity contribution in [3.63, 3.8) is 0 Å². The maximum atomic E-state index is 12.2. The number of hydrogen-bond acceptors (Lipinski definition) is 5. The molecule has 1 unspecified atom stereocenters. The van der Waals surface area contributed by atoms with Crippen LogP contribution in [0.2, 0.25) is 0 Å². The molecular formula is C10H15BrN2O3S2. The van der Waals surface area contributed by atoms with E-state index in [1.807, 2.05) is 0 Å². The maximum absolute atomic E-state index is 12.2. The molecule has 1 aliphatic rings. The van der Waals surface area contributed by atoms with Crippen molar-refractivity contribution < 1.29 is 12.8 Å². The Kier molecular flexibility index (Phi) is 4.76. The van der Waals surface area contributed by atoms with Crippen molar-refractivity contribution >= 4 is 37.7 Å². The second kappa shape index (κ2) is 5.96. The van der Waals surface area contributed by atoms with Gasteiger partial charge in [-0.3, -0.25) is 0 Å². The largest absolute Gasteiger partial charge is 0.452 e. The minimum Gasteiger partial charge on any atom is -0.452 e. The third-order valence-electron chi connectivity index (χ3n) is 2.68. The highest BCUT2D eigenvalue weighted by Gasteiger charge is 2.26. The van der Waals surface area contributed by atoms with Crippen LogP contribution in [0.3, 0.4) is 0 Å². The predicted octanol–water partition coefficient (Wildman–Crippen LogP) is 1.67. The Morgan fingerprint density at radius 2 is 2.39 bits per heavy atom. The summed E-state index contributed by atoms with van der Waals surface area (Å²) in [6.45, 7) is 0.174. The van der Waals surface area contributed by atoms with Gasteiger partial charge >= 0.3 is 0 Å². The van der Waals surface area contributed by atoms with E-state index in [0.29, 0.717) is 5.76 Å². The standard InChI is InChI=1S/C10H15BrN2O3S2/c11-10-9(4-8(5-12)16-10)18(14,15)13-7-2-1-3-17-6-7/h4,7,13H,1-3,5-6,12H2. The van der Waals surface area contributed by atoms with Gasteiger partial charge in [-0.15, -0.1) is 0 Å². The highest BCUT2D eigenvalue weighted by molar-refractivity contribution is 9.10. The average molecular weight is 355 g/mol. The molecule has 8 heteroatoms. The fourth-order valence-electron chi connectivity index (χ4n) is 1.80. The summed E-state index contributed by atoms with van der Waals surface area (Å²) in [6.07, 6.45) is 1.92. The molecule has 0 aliphatic carbocycles. The molecule has 1 atom stereocenters. The lowest BCUT2D eigenvalue weighted by molar-refractivity contribution is 0.482. The molecule has 0 bridgehead atoms. The van der Waals surface area contributed by atoms with E-state index in [-0.39, 0.29) is 22.2 Å². The van der Waals surface area contributed by atoms with Gasteiger partial charge in [-0.05, 0) is 34.5 Å². The molecule has 0 radical (unpaired) electrons. The summed E-state index contributed by atoms with van der Waals surface area (Å²) in [6, 6.07) is 1.46. The summed E-state index contributed by atoms with van der Waals surface area (Å²) in [5, 5.41) is 0. The van der Waals surface area contributed by atoms with Crippen LogP contribution < -0.4 is 10.5 Å². The summed E-state index contributed by atoms with van der Waals surface area (Å²) >= 11 is 4.88. The van der Waals surface area contributed by atoms with E-state index in [1.165, 1.54) is 6.07 Å². The van der Waals surface area contributed by atoms with Gasteiger partial charge in [0.05, 0.1) is 6.54 Å². The first-order chi connectivity index (χ1) is 8.53. The number of halogens is 1. The Morgan fingerprint density at radius 1 is 1.61 bits per heavy atom. The molecule has 1 aliphatic heterocycles. The van der Waals surface area contributed by atoms with Crippen LogP contribution in [0.1, 0.15) is 18.6 Å². The summed E-state index contributed by atoms with van der Waals surface area (Å²) < 4.78 is 32.5. The van der Waals surface area contributed by atoms with Crippen molar-refractivity contribution in [2.75, 3.05) is 11.5 Å². The summed E-state index contributed by atoms with van der Waals surface area (Å²) in [7, 11) is -3.54. The normalized spacial score (nSPS) is 21.1. The van der Waals surface area contributed by atoms with Gasteiger partial charge in [0.1, 0.15) is 10.7 Å². The van der Waals surface area contributed by atoms with E-state index in [0.717, 1.165) is 24.3 Å². The maximum Gasteiger partial charge on any atom is 0.245 e. The van der Waals surface area contributed by atoms with Crippen LogP contribution in [0.15, 0.2) is 20.0 Å². The zero-order chi connectivity index (χ0) is 13.2. The van der Waals surface area contributed by atoms with Crippen molar-refractivity contribution in [1.29, 1.82) is 0 Å². The predicted molar refractivity (Wildman–Crippen MR) is 75.0 cm³/mol. The zero-order valence-corrected chi connectivity index (χ0v) is 12.9. The topological polar surface area (TPSA) is 85.3 Å². The van der Waals surface area contributed by atoms with Crippen molar-refractivity contribution in [2.45, 2.75) is 30.3 Å². The number of rotatable bonds is 4.